The van der Waals surface area contributed by atoms with Crippen LogP contribution in [-0.4, -0.2) is 61.0 Å². The third kappa shape index (κ3) is 3.86. The van der Waals surface area contributed by atoms with E-state index in [1.165, 1.54) is 45.1 Å². The number of halogens is 1. The average Bonchev–Trinajstić information content (AvgIpc) is 2.71. The van der Waals surface area contributed by atoms with Gasteiger partial charge in [-0.2, -0.15) is 0 Å². The summed E-state index contributed by atoms with van der Waals surface area (Å²) in [4.78, 5) is 16.9. The first-order chi connectivity index (χ1) is 9.33. The Morgan fingerprint density at radius 3 is 2.55 bits per heavy atom. The standard InChI is InChI=1S/C15H27N3O.ClH/c19-15(18-8-3-1-2-4-9-18)12-17-10-6-14-13(11-17)5-7-16-14;/h13-14,16H,1-12H2;1H. The number of fused-ring (bicyclic) bond motifs is 1. The number of amides is 1. The summed E-state index contributed by atoms with van der Waals surface area (Å²) in [6.07, 6.45) is 7.49. The van der Waals surface area contributed by atoms with Crippen LogP contribution in [0.4, 0.5) is 0 Å². The molecule has 3 aliphatic rings. The van der Waals surface area contributed by atoms with Gasteiger partial charge in [0.25, 0.3) is 0 Å². The van der Waals surface area contributed by atoms with Crippen molar-refractivity contribution >= 4 is 18.3 Å². The zero-order chi connectivity index (χ0) is 13.1. The van der Waals surface area contributed by atoms with E-state index in [9.17, 15) is 4.79 Å². The van der Waals surface area contributed by atoms with Gasteiger partial charge in [-0.15, -0.1) is 12.4 Å². The van der Waals surface area contributed by atoms with E-state index in [-0.39, 0.29) is 12.4 Å². The molecule has 3 rings (SSSR count). The summed E-state index contributed by atoms with van der Waals surface area (Å²) in [5.41, 5.74) is 0. The quantitative estimate of drug-likeness (QED) is 0.839. The molecule has 3 heterocycles. The van der Waals surface area contributed by atoms with Gasteiger partial charge in [-0.1, -0.05) is 12.8 Å². The van der Waals surface area contributed by atoms with E-state index in [4.69, 9.17) is 0 Å². The van der Waals surface area contributed by atoms with Crippen molar-refractivity contribution in [3.05, 3.63) is 0 Å². The normalized spacial score (nSPS) is 31.3. The van der Waals surface area contributed by atoms with E-state index in [1.807, 2.05) is 0 Å². The molecule has 0 aromatic heterocycles. The zero-order valence-electron chi connectivity index (χ0n) is 12.4. The fraction of sp³-hybridized carbons (Fsp3) is 0.933. The second-order valence-corrected chi connectivity index (χ2v) is 6.43. The number of likely N-dealkylation sites (tertiary alicyclic amines) is 2. The second kappa shape index (κ2) is 7.62. The summed E-state index contributed by atoms with van der Waals surface area (Å²) in [7, 11) is 0. The molecule has 4 nitrogen and oxygen atoms in total. The predicted molar refractivity (Wildman–Crippen MR) is 83.3 cm³/mol. The molecule has 2 atom stereocenters. The molecule has 0 radical (unpaired) electrons. The number of carbonyl (C=O) groups is 1. The molecule has 1 amide bonds. The molecular weight excluding hydrogens is 274 g/mol. The Balaban J connectivity index is 0.00000147. The van der Waals surface area contributed by atoms with E-state index in [0.29, 0.717) is 12.5 Å². The van der Waals surface area contributed by atoms with E-state index in [1.54, 1.807) is 0 Å². The lowest BCUT2D eigenvalue weighted by atomic mass is 9.93. The largest absolute Gasteiger partial charge is 0.342 e. The minimum atomic E-state index is 0. The molecule has 3 aliphatic heterocycles. The Labute approximate surface area is 128 Å². The van der Waals surface area contributed by atoms with Gasteiger partial charge in [0, 0.05) is 32.2 Å². The van der Waals surface area contributed by atoms with Crippen LogP contribution in [0.15, 0.2) is 0 Å². The van der Waals surface area contributed by atoms with Gasteiger partial charge in [-0.25, -0.2) is 0 Å². The Morgan fingerprint density at radius 2 is 1.80 bits per heavy atom. The fourth-order valence-electron chi connectivity index (χ4n) is 3.88. The third-order valence-electron chi connectivity index (χ3n) is 5.06. The first-order valence-corrected chi connectivity index (χ1v) is 8.06. The fourth-order valence-corrected chi connectivity index (χ4v) is 3.88. The molecule has 0 bridgehead atoms. The van der Waals surface area contributed by atoms with Gasteiger partial charge >= 0.3 is 0 Å². The number of rotatable bonds is 2. The van der Waals surface area contributed by atoms with Crippen LogP contribution in [0.25, 0.3) is 0 Å². The lowest BCUT2D eigenvalue weighted by Gasteiger charge is -2.35. The summed E-state index contributed by atoms with van der Waals surface area (Å²) in [5, 5.41) is 3.58. The molecule has 3 saturated heterocycles. The van der Waals surface area contributed by atoms with Crippen LogP contribution in [0.3, 0.4) is 0 Å². The second-order valence-electron chi connectivity index (χ2n) is 6.43. The number of piperidine rings is 1. The van der Waals surface area contributed by atoms with Crippen molar-refractivity contribution in [3.63, 3.8) is 0 Å². The van der Waals surface area contributed by atoms with Gasteiger partial charge in [-0.3, -0.25) is 9.69 Å². The number of nitrogens with zero attached hydrogens (tertiary/aromatic N) is 2. The summed E-state index contributed by atoms with van der Waals surface area (Å²) in [5.74, 6) is 1.15. The Kier molecular flexibility index (Phi) is 6.12. The van der Waals surface area contributed by atoms with E-state index in [2.05, 4.69) is 15.1 Å². The third-order valence-corrected chi connectivity index (χ3v) is 5.06. The number of carbonyl (C=O) groups excluding carboxylic acids is 1. The highest BCUT2D eigenvalue weighted by molar-refractivity contribution is 5.85. The molecule has 116 valence electrons. The van der Waals surface area contributed by atoms with Gasteiger partial charge in [0.05, 0.1) is 6.54 Å². The molecule has 0 saturated carbocycles. The van der Waals surface area contributed by atoms with Crippen molar-refractivity contribution < 1.29 is 4.79 Å². The van der Waals surface area contributed by atoms with Crippen LogP contribution in [-0.2, 0) is 4.79 Å². The van der Waals surface area contributed by atoms with Crippen LogP contribution in [0.1, 0.15) is 38.5 Å². The average molecular weight is 302 g/mol. The van der Waals surface area contributed by atoms with Crippen molar-refractivity contribution in [1.29, 1.82) is 0 Å². The maximum Gasteiger partial charge on any atom is 0.236 e. The zero-order valence-corrected chi connectivity index (χ0v) is 13.2. The topological polar surface area (TPSA) is 35.6 Å². The lowest BCUT2D eigenvalue weighted by molar-refractivity contribution is -0.132. The molecule has 20 heavy (non-hydrogen) atoms. The maximum absolute atomic E-state index is 12.4. The summed E-state index contributed by atoms with van der Waals surface area (Å²) >= 11 is 0. The Morgan fingerprint density at radius 1 is 1.05 bits per heavy atom. The highest BCUT2D eigenvalue weighted by atomic mass is 35.5. The molecule has 0 spiro atoms. The molecule has 2 unspecified atom stereocenters. The minimum absolute atomic E-state index is 0. The van der Waals surface area contributed by atoms with Gasteiger partial charge < -0.3 is 10.2 Å². The maximum atomic E-state index is 12.4. The highest BCUT2D eigenvalue weighted by Crippen LogP contribution is 2.24. The lowest BCUT2D eigenvalue weighted by Crippen LogP contribution is -2.48. The van der Waals surface area contributed by atoms with Gasteiger partial charge in [0.1, 0.15) is 0 Å². The van der Waals surface area contributed by atoms with Gasteiger partial charge in [0.2, 0.25) is 5.91 Å². The minimum Gasteiger partial charge on any atom is -0.342 e. The van der Waals surface area contributed by atoms with Crippen LogP contribution < -0.4 is 5.32 Å². The van der Waals surface area contributed by atoms with E-state index < -0.39 is 0 Å². The first kappa shape index (κ1) is 16.1. The predicted octanol–water partition coefficient (Wildman–Crippen LogP) is 1.49. The first-order valence-electron chi connectivity index (χ1n) is 8.06. The molecule has 0 aliphatic carbocycles. The molecule has 1 N–H and O–H groups in total. The van der Waals surface area contributed by atoms with Crippen molar-refractivity contribution in [2.45, 2.75) is 44.6 Å². The van der Waals surface area contributed by atoms with Gasteiger partial charge in [-0.05, 0) is 38.1 Å². The van der Waals surface area contributed by atoms with Crippen molar-refractivity contribution in [2.24, 2.45) is 5.92 Å². The molecular formula is C15H28ClN3O. The summed E-state index contributed by atoms with van der Waals surface area (Å²) in [6.45, 7) is 6.01. The number of hydrogen-bond donors (Lipinski definition) is 1. The van der Waals surface area contributed by atoms with E-state index in [0.717, 1.165) is 38.1 Å². The van der Waals surface area contributed by atoms with Crippen molar-refractivity contribution in [2.75, 3.05) is 39.3 Å². The summed E-state index contributed by atoms with van der Waals surface area (Å²) < 4.78 is 0. The van der Waals surface area contributed by atoms with Crippen LogP contribution >= 0.6 is 12.4 Å². The number of nitrogens with one attached hydrogen (secondary N) is 1. The Hall–Kier alpha value is -0.320. The SMILES string of the molecule is Cl.O=C(CN1CCC2NCCC2C1)N1CCCCCC1. The molecule has 3 fully saturated rings. The van der Waals surface area contributed by atoms with E-state index >= 15 is 0 Å². The van der Waals surface area contributed by atoms with Crippen LogP contribution in [0, 0.1) is 5.92 Å². The van der Waals surface area contributed by atoms with Crippen molar-refractivity contribution in [1.82, 2.24) is 15.1 Å². The van der Waals surface area contributed by atoms with Crippen molar-refractivity contribution in [3.8, 4) is 0 Å². The molecule has 5 heteroatoms. The van der Waals surface area contributed by atoms with Gasteiger partial charge in [0.15, 0.2) is 0 Å². The number of hydrogen-bond acceptors (Lipinski definition) is 3. The summed E-state index contributed by atoms with van der Waals surface area (Å²) in [6, 6.07) is 0.726. The monoisotopic (exact) mass is 301 g/mol. The van der Waals surface area contributed by atoms with Crippen LogP contribution in [0.5, 0.6) is 0 Å². The molecule has 0 aromatic carbocycles. The molecule has 0 aromatic rings. The smallest absolute Gasteiger partial charge is 0.236 e. The Bertz CT molecular complexity index is 318. The van der Waals surface area contributed by atoms with Crippen LogP contribution in [0.2, 0.25) is 0 Å². The highest BCUT2D eigenvalue weighted by Gasteiger charge is 2.33.